The van der Waals surface area contributed by atoms with Crippen LogP contribution < -0.4 is 9.64 Å². The monoisotopic (exact) mass is 330 g/mol. The molecule has 0 saturated carbocycles. The van der Waals surface area contributed by atoms with E-state index in [-0.39, 0.29) is 11.9 Å². The van der Waals surface area contributed by atoms with Crippen molar-refractivity contribution < 1.29 is 9.53 Å². The van der Waals surface area contributed by atoms with Crippen LogP contribution in [0, 0.1) is 0 Å². The van der Waals surface area contributed by atoms with Gasteiger partial charge in [-0.3, -0.25) is 9.48 Å². The van der Waals surface area contributed by atoms with Crippen LogP contribution in [0.1, 0.15) is 19.9 Å². The number of hydrogen-bond acceptors (Lipinski definition) is 6. The number of nitrogens with zero attached hydrogens (tertiary/aromatic N) is 6. The normalized spacial score (nSPS) is 16.1. The van der Waals surface area contributed by atoms with Crippen LogP contribution in [0.3, 0.4) is 0 Å². The number of rotatable bonds is 5. The molecule has 1 atom stereocenters. The first-order chi connectivity index (χ1) is 11.7. The van der Waals surface area contributed by atoms with E-state index in [2.05, 4.69) is 20.0 Å². The number of amides is 1. The molecular formula is C16H22N6O2. The standard InChI is InChI=1S/C16H22N6O2/c1-3-24-14-5-7-17-16(19-14)21-11-9-20(10-12-21)15(23)13(2)22-8-4-6-18-22/h4-8,13H,3,9-12H2,1-2H3. The van der Waals surface area contributed by atoms with Crippen molar-refractivity contribution >= 4 is 11.9 Å². The van der Waals surface area contributed by atoms with Crippen LogP contribution >= 0.6 is 0 Å². The Morgan fingerprint density at radius 2 is 2.08 bits per heavy atom. The number of hydrogen-bond donors (Lipinski definition) is 0. The maximum Gasteiger partial charge on any atom is 0.247 e. The third kappa shape index (κ3) is 3.47. The van der Waals surface area contributed by atoms with E-state index in [1.807, 2.05) is 31.0 Å². The van der Waals surface area contributed by atoms with Crippen molar-refractivity contribution in [2.45, 2.75) is 19.9 Å². The number of aromatic nitrogens is 4. The van der Waals surface area contributed by atoms with E-state index in [4.69, 9.17) is 4.74 Å². The van der Waals surface area contributed by atoms with Crippen molar-refractivity contribution in [3.63, 3.8) is 0 Å². The number of ether oxygens (including phenoxy) is 1. The molecule has 0 aromatic carbocycles. The van der Waals surface area contributed by atoms with E-state index in [0.29, 0.717) is 44.6 Å². The molecule has 1 fully saturated rings. The lowest BCUT2D eigenvalue weighted by Crippen LogP contribution is -2.50. The third-order valence-corrected chi connectivity index (χ3v) is 4.06. The molecule has 2 aromatic heterocycles. The second-order valence-electron chi connectivity index (χ2n) is 5.60. The number of carbonyl (C=O) groups excluding carboxylic acids is 1. The summed E-state index contributed by atoms with van der Waals surface area (Å²) in [6, 6.07) is 3.28. The molecule has 3 rings (SSSR count). The van der Waals surface area contributed by atoms with Crippen LogP contribution in [-0.4, -0.2) is 63.3 Å². The first kappa shape index (κ1) is 16.2. The molecule has 2 aromatic rings. The smallest absolute Gasteiger partial charge is 0.247 e. The maximum atomic E-state index is 12.6. The van der Waals surface area contributed by atoms with Gasteiger partial charge in [0.1, 0.15) is 6.04 Å². The number of carbonyl (C=O) groups is 1. The van der Waals surface area contributed by atoms with Crippen molar-refractivity contribution in [2.24, 2.45) is 0 Å². The Morgan fingerprint density at radius 3 is 2.75 bits per heavy atom. The molecule has 24 heavy (non-hydrogen) atoms. The summed E-state index contributed by atoms with van der Waals surface area (Å²) in [4.78, 5) is 25.2. The van der Waals surface area contributed by atoms with Gasteiger partial charge in [0.05, 0.1) is 6.61 Å². The SMILES string of the molecule is CCOc1ccnc(N2CCN(C(=O)C(C)n3cccn3)CC2)n1. The predicted octanol–water partition coefficient (Wildman–Crippen LogP) is 0.982. The minimum absolute atomic E-state index is 0.0855. The average molecular weight is 330 g/mol. The van der Waals surface area contributed by atoms with E-state index in [1.165, 1.54) is 0 Å². The van der Waals surface area contributed by atoms with Gasteiger partial charge >= 0.3 is 0 Å². The molecule has 1 unspecified atom stereocenters. The Morgan fingerprint density at radius 1 is 1.29 bits per heavy atom. The van der Waals surface area contributed by atoms with Gasteiger partial charge in [-0.2, -0.15) is 10.1 Å². The Labute approximate surface area is 141 Å². The highest BCUT2D eigenvalue weighted by Gasteiger charge is 2.27. The van der Waals surface area contributed by atoms with Crippen LogP contribution in [0.2, 0.25) is 0 Å². The molecule has 1 aliphatic rings. The van der Waals surface area contributed by atoms with Gasteiger partial charge in [0.25, 0.3) is 0 Å². The fourth-order valence-corrected chi connectivity index (χ4v) is 2.73. The Hall–Kier alpha value is -2.64. The third-order valence-electron chi connectivity index (χ3n) is 4.06. The van der Waals surface area contributed by atoms with Crippen LogP contribution in [0.5, 0.6) is 5.88 Å². The summed E-state index contributed by atoms with van der Waals surface area (Å²) in [6.07, 6.45) is 5.20. The van der Waals surface area contributed by atoms with Crippen molar-refractivity contribution in [3.05, 3.63) is 30.7 Å². The lowest BCUT2D eigenvalue weighted by molar-refractivity contribution is -0.134. The molecule has 0 N–H and O–H groups in total. The summed E-state index contributed by atoms with van der Waals surface area (Å²) >= 11 is 0. The molecule has 1 saturated heterocycles. The largest absolute Gasteiger partial charge is 0.478 e. The van der Waals surface area contributed by atoms with E-state index in [1.54, 1.807) is 23.1 Å². The van der Waals surface area contributed by atoms with Crippen LogP contribution in [0.4, 0.5) is 5.95 Å². The first-order valence-corrected chi connectivity index (χ1v) is 8.17. The van der Waals surface area contributed by atoms with E-state index < -0.39 is 0 Å². The summed E-state index contributed by atoms with van der Waals surface area (Å²) in [7, 11) is 0. The van der Waals surface area contributed by atoms with Crippen molar-refractivity contribution in [1.82, 2.24) is 24.6 Å². The Bertz CT molecular complexity index is 667. The quantitative estimate of drug-likeness (QED) is 0.813. The fourth-order valence-electron chi connectivity index (χ4n) is 2.73. The van der Waals surface area contributed by atoms with Crippen molar-refractivity contribution in [3.8, 4) is 5.88 Å². The lowest BCUT2D eigenvalue weighted by Gasteiger charge is -2.35. The molecule has 0 radical (unpaired) electrons. The highest BCUT2D eigenvalue weighted by molar-refractivity contribution is 5.80. The topological polar surface area (TPSA) is 76.4 Å². The number of anilines is 1. The molecule has 8 heteroatoms. The van der Waals surface area contributed by atoms with Crippen LogP contribution in [0.15, 0.2) is 30.7 Å². The van der Waals surface area contributed by atoms with E-state index >= 15 is 0 Å². The molecule has 0 bridgehead atoms. The Balaban J connectivity index is 1.59. The summed E-state index contributed by atoms with van der Waals surface area (Å²) in [5.41, 5.74) is 0. The van der Waals surface area contributed by atoms with Gasteiger partial charge < -0.3 is 14.5 Å². The van der Waals surface area contributed by atoms with Crippen molar-refractivity contribution in [2.75, 3.05) is 37.7 Å². The molecule has 3 heterocycles. The highest BCUT2D eigenvalue weighted by Crippen LogP contribution is 2.16. The number of piperazine rings is 1. The molecule has 1 amide bonds. The molecular weight excluding hydrogens is 308 g/mol. The zero-order valence-corrected chi connectivity index (χ0v) is 14.0. The second kappa shape index (κ2) is 7.29. The summed E-state index contributed by atoms with van der Waals surface area (Å²) in [6.45, 7) is 7.06. The van der Waals surface area contributed by atoms with Gasteiger partial charge in [0, 0.05) is 50.8 Å². The molecule has 8 nitrogen and oxygen atoms in total. The maximum absolute atomic E-state index is 12.6. The fraction of sp³-hybridized carbons (Fsp3) is 0.500. The average Bonchev–Trinajstić information content (AvgIpc) is 3.16. The minimum Gasteiger partial charge on any atom is -0.478 e. The predicted molar refractivity (Wildman–Crippen MR) is 88.9 cm³/mol. The Kier molecular flexibility index (Phi) is 4.93. The molecule has 0 spiro atoms. The summed E-state index contributed by atoms with van der Waals surface area (Å²) in [5, 5.41) is 4.15. The first-order valence-electron chi connectivity index (χ1n) is 8.17. The molecule has 128 valence electrons. The van der Waals surface area contributed by atoms with E-state index in [9.17, 15) is 4.79 Å². The van der Waals surface area contributed by atoms with E-state index in [0.717, 1.165) is 0 Å². The van der Waals surface area contributed by atoms with Gasteiger partial charge in [-0.05, 0) is 19.9 Å². The zero-order chi connectivity index (χ0) is 16.9. The zero-order valence-electron chi connectivity index (χ0n) is 14.0. The summed E-state index contributed by atoms with van der Waals surface area (Å²) < 4.78 is 7.10. The second-order valence-corrected chi connectivity index (χ2v) is 5.60. The van der Waals surface area contributed by atoms with Gasteiger partial charge in [-0.1, -0.05) is 0 Å². The lowest BCUT2D eigenvalue weighted by atomic mass is 10.2. The molecule has 0 aliphatic carbocycles. The molecule has 1 aliphatic heterocycles. The van der Waals surface area contributed by atoms with Gasteiger partial charge in [-0.25, -0.2) is 4.98 Å². The van der Waals surface area contributed by atoms with Gasteiger partial charge in [0.15, 0.2) is 0 Å². The van der Waals surface area contributed by atoms with Crippen LogP contribution in [-0.2, 0) is 4.79 Å². The summed E-state index contributed by atoms with van der Waals surface area (Å²) in [5.74, 6) is 1.31. The van der Waals surface area contributed by atoms with Gasteiger partial charge in [-0.15, -0.1) is 0 Å². The van der Waals surface area contributed by atoms with Gasteiger partial charge in [0.2, 0.25) is 17.7 Å². The highest BCUT2D eigenvalue weighted by atomic mass is 16.5. The van der Waals surface area contributed by atoms with Crippen LogP contribution in [0.25, 0.3) is 0 Å². The van der Waals surface area contributed by atoms with Crippen molar-refractivity contribution in [1.29, 1.82) is 0 Å². The minimum atomic E-state index is -0.288.